The Labute approximate surface area is 226 Å². The number of carbonyl (C=O) groups is 1. The van der Waals surface area contributed by atoms with Crippen LogP contribution in [-0.4, -0.2) is 46.1 Å². The highest BCUT2D eigenvalue weighted by Crippen LogP contribution is 2.37. The van der Waals surface area contributed by atoms with E-state index in [-0.39, 0.29) is 17.4 Å². The highest BCUT2D eigenvalue weighted by molar-refractivity contribution is 7.89. The second-order valence-electron chi connectivity index (χ2n) is 9.18. The normalized spacial score (nSPS) is 15.1. The van der Waals surface area contributed by atoms with Gasteiger partial charge >= 0.3 is 0 Å². The molecule has 202 valence electrons. The lowest BCUT2D eigenvalue weighted by atomic mass is 9.86. The van der Waals surface area contributed by atoms with Crippen molar-refractivity contribution in [1.29, 1.82) is 0 Å². The first-order chi connectivity index (χ1) is 18.8. The maximum Gasteiger partial charge on any atom is 0.268 e. The summed E-state index contributed by atoms with van der Waals surface area (Å²) in [7, 11) is -2.16. The van der Waals surface area contributed by atoms with E-state index in [9.17, 15) is 13.2 Å². The van der Waals surface area contributed by atoms with Crippen LogP contribution in [0.5, 0.6) is 5.75 Å². The fraction of sp³-hybridized carbons (Fsp3) is 0.241. The molecule has 0 saturated carbocycles. The minimum atomic E-state index is -3.85. The summed E-state index contributed by atoms with van der Waals surface area (Å²) in [6.07, 6.45) is 1.46. The standard InChI is InChI=1S/C29H28N2O7S/c1-35-29(14-16-36-17-15-29)22-8-5-9-23(18-22)37-19-25(32)28-31-26(20-6-3-2-4-7-20)27(38-28)21-10-12-24(13-11-21)39(30,33)34/h2-13,18H,14-17,19H2,1H3,(H2,30,33,34). The topological polar surface area (TPSA) is 131 Å². The molecule has 1 aliphatic heterocycles. The van der Waals surface area contributed by atoms with E-state index in [2.05, 4.69) is 4.98 Å². The van der Waals surface area contributed by atoms with E-state index in [1.165, 1.54) is 12.1 Å². The number of Topliss-reactive ketones (excluding diaryl/α,β-unsaturated/α-hetero) is 1. The van der Waals surface area contributed by atoms with Gasteiger partial charge in [0, 0.05) is 44.3 Å². The molecule has 0 unspecified atom stereocenters. The molecule has 2 N–H and O–H groups in total. The molecule has 5 rings (SSSR count). The quantitative estimate of drug-likeness (QED) is 0.301. The molecule has 0 atom stereocenters. The van der Waals surface area contributed by atoms with E-state index in [0.717, 1.165) is 24.0 Å². The zero-order valence-electron chi connectivity index (χ0n) is 21.3. The smallest absolute Gasteiger partial charge is 0.268 e. The van der Waals surface area contributed by atoms with E-state index in [4.69, 9.17) is 23.8 Å². The zero-order chi connectivity index (χ0) is 27.5. The maximum atomic E-state index is 13.1. The fourth-order valence-corrected chi connectivity index (χ4v) is 5.13. The molecule has 39 heavy (non-hydrogen) atoms. The Hall–Kier alpha value is -3.83. The van der Waals surface area contributed by atoms with Crippen LogP contribution in [-0.2, 0) is 25.1 Å². The van der Waals surface area contributed by atoms with E-state index < -0.39 is 21.4 Å². The predicted molar refractivity (Wildman–Crippen MR) is 144 cm³/mol. The van der Waals surface area contributed by atoms with Gasteiger partial charge in [-0.3, -0.25) is 4.79 Å². The number of oxazole rings is 1. The van der Waals surface area contributed by atoms with Gasteiger partial charge < -0.3 is 18.6 Å². The number of ether oxygens (including phenoxy) is 3. The number of carbonyl (C=O) groups excluding carboxylic acids is 1. The number of ketones is 1. The molecule has 0 aliphatic carbocycles. The van der Waals surface area contributed by atoms with Gasteiger partial charge in [0.2, 0.25) is 10.0 Å². The molecular formula is C29H28N2O7S. The Balaban J connectivity index is 1.40. The molecule has 0 spiro atoms. The number of primary sulfonamides is 1. The Bertz CT molecular complexity index is 1560. The summed E-state index contributed by atoms with van der Waals surface area (Å²) in [6.45, 7) is 0.932. The minimum Gasteiger partial charge on any atom is -0.485 e. The molecule has 2 heterocycles. The zero-order valence-corrected chi connectivity index (χ0v) is 22.1. The van der Waals surface area contributed by atoms with E-state index in [1.54, 1.807) is 25.3 Å². The van der Waals surface area contributed by atoms with Crippen LogP contribution in [0.2, 0.25) is 0 Å². The first-order valence-corrected chi connectivity index (χ1v) is 13.9. The molecule has 0 radical (unpaired) electrons. The molecule has 1 saturated heterocycles. The van der Waals surface area contributed by atoms with Crippen LogP contribution in [0.4, 0.5) is 0 Å². The van der Waals surface area contributed by atoms with Crippen LogP contribution in [0.3, 0.4) is 0 Å². The van der Waals surface area contributed by atoms with Gasteiger partial charge in [-0.1, -0.05) is 42.5 Å². The average Bonchev–Trinajstić information content (AvgIpc) is 3.42. The van der Waals surface area contributed by atoms with Gasteiger partial charge in [-0.15, -0.1) is 0 Å². The number of methoxy groups -OCH3 is 1. The number of nitrogens with two attached hydrogens (primary N) is 1. The summed E-state index contributed by atoms with van der Waals surface area (Å²) in [5, 5.41) is 5.22. The van der Waals surface area contributed by atoms with Crippen molar-refractivity contribution in [3.05, 3.63) is 90.3 Å². The first kappa shape index (κ1) is 26.8. The molecule has 3 aromatic carbocycles. The number of rotatable bonds is 9. The van der Waals surface area contributed by atoms with Crippen molar-refractivity contribution in [2.24, 2.45) is 5.14 Å². The molecule has 1 aromatic heterocycles. The fourth-order valence-electron chi connectivity index (χ4n) is 4.61. The maximum absolute atomic E-state index is 13.1. The molecule has 1 fully saturated rings. The molecular weight excluding hydrogens is 520 g/mol. The van der Waals surface area contributed by atoms with Gasteiger partial charge in [0.25, 0.3) is 11.7 Å². The van der Waals surface area contributed by atoms with Crippen LogP contribution in [0.1, 0.15) is 29.1 Å². The van der Waals surface area contributed by atoms with Crippen LogP contribution in [0, 0.1) is 0 Å². The lowest BCUT2D eigenvalue weighted by Gasteiger charge is -2.36. The molecule has 0 bridgehead atoms. The summed E-state index contributed by atoms with van der Waals surface area (Å²) in [5.41, 5.74) is 2.24. The number of nitrogens with zero attached hydrogens (tertiary/aromatic N) is 1. The van der Waals surface area contributed by atoms with Crippen LogP contribution < -0.4 is 9.88 Å². The van der Waals surface area contributed by atoms with Crippen molar-refractivity contribution in [3.8, 4) is 28.3 Å². The predicted octanol–water partition coefficient (Wildman–Crippen LogP) is 4.57. The summed E-state index contributed by atoms with van der Waals surface area (Å²) >= 11 is 0. The van der Waals surface area contributed by atoms with Gasteiger partial charge in [-0.25, -0.2) is 18.5 Å². The summed E-state index contributed by atoms with van der Waals surface area (Å²) in [6, 6.07) is 22.6. The third-order valence-corrected chi connectivity index (χ3v) is 7.71. The number of hydrogen-bond acceptors (Lipinski definition) is 8. The molecule has 9 nitrogen and oxygen atoms in total. The number of benzene rings is 3. The van der Waals surface area contributed by atoms with Crippen molar-refractivity contribution < 1.29 is 31.8 Å². The second-order valence-corrected chi connectivity index (χ2v) is 10.7. The highest BCUT2D eigenvalue weighted by Gasteiger charge is 2.34. The van der Waals surface area contributed by atoms with Gasteiger partial charge in [0.15, 0.2) is 12.4 Å². The number of hydrogen-bond donors (Lipinski definition) is 1. The highest BCUT2D eigenvalue weighted by atomic mass is 32.2. The van der Waals surface area contributed by atoms with E-state index in [1.807, 2.05) is 48.5 Å². The lowest BCUT2D eigenvalue weighted by Crippen LogP contribution is -2.35. The van der Waals surface area contributed by atoms with Crippen molar-refractivity contribution in [2.75, 3.05) is 26.9 Å². The van der Waals surface area contributed by atoms with Gasteiger partial charge in [0.05, 0.1) is 10.5 Å². The van der Waals surface area contributed by atoms with Crippen LogP contribution in [0.15, 0.2) is 88.2 Å². The Kier molecular flexibility index (Phi) is 7.62. The largest absolute Gasteiger partial charge is 0.485 e. The summed E-state index contributed by atoms with van der Waals surface area (Å²) in [5.74, 6) is 0.289. The van der Waals surface area contributed by atoms with Crippen LogP contribution in [0.25, 0.3) is 22.6 Å². The van der Waals surface area contributed by atoms with E-state index in [0.29, 0.717) is 36.0 Å². The Morgan fingerprint density at radius 3 is 2.36 bits per heavy atom. The number of sulfonamides is 1. The van der Waals surface area contributed by atoms with Crippen molar-refractivity contribution in [2.45, 2.75) is 23.3 Å². The third-order valence-electron chi connectivity index (χ3n) is 6.78. The van der Waals surface area contributed by atoms with Crippen molar-refractivity contribution in [1.82, 2.24) is 4.98 Å². The van der Waals surface area contributed by atoms with Gasteiger partial charge in [-0.05, 0) is 42.0 Å². The molecule has 4 aromatic rings. The Morgan fingerprint density at radius 2 is 1.69 bits per heavy atom. The first-order valence-electron chi connectivity index (χ1n) is 12.4. The SMILES string of the molecule is COC1(c2cccc(OCC(=O)c3nc(-c4ccccc4)c(-c4ccc(S(N)(=O)=O)cc4)o3)c2)CCOCC1. The summed E-state index contributed by atoms with van der Waals surface area (Å²) in [4.78, 5) is 17.6. The number of aromatic nitrogens is 1. The monoisotopic (exact) mass is 548 g/mol. The minimum absolute atomic E-state index is 0.0324. The van der Waals surface area contributed by atoms with Crippen molar-refractivity contribution in [3.63, 3.8) is 0 Å². The van der Waals surface area contributed by atoms with Gasteiger partial charge in [0.1, 0.15) is 11.4 Å². The Morgan fingerprint density at radius 1 is 0.974 bits per heavy atom. The average molecular weight is 549 g/mol. The molecule has 10 heteroatoms. The summed E-state index contributed by atoms with van der Waals surface area (Å²) < 4.78 is 46.5. The second kappa shape index (κ2) is 11.1. The van der Waals surface area contributed by atoms with Crippen LogP contribution >= 0.6 is 0 Å². The molecule has 0 amide bonds. The van der Waals surface area contributed by atoms with E-state index >= 15 is 0 Å². The van der Waals surface area contributed by atoms with Crippen molar-refractivity contribution >= 4 is 15.8 Å². The van der Waals surface area contributed by atoms with Gasteiger partial charge in [-0.2, -0.15) is 0 Å². The third kappa shape index (κ3) is 5.79. The lowest BCUT2D eigenvalue weighted by molar-refractivity contribution is -0.0948. The molecule has 1 aliphatic rings.